The molecule has 0 heterocycles. The van der Waals surface area contributed by atoms with Crippen molar-refractivity contribution in [3.63, 3.8) is 0 Å². The quantitative estimate of drug-likeness (QED) is 0.159. The smallest absolute Gasteiger partial charge is 0.306 e. The van der Waals surface area contributed by atoms with Crippen molar-refractivity contribution in [2.75, 3.05) is 6.61 Å². The predicted molar refractivity (Wildman–Crippen MR) is 165 cm³/mol. The van der Waals surface area contributed by atoms with Crippen LogP contribution >= 0.6 is 0 Å². The van der Waals surface area contributed by atoms with Crippen LogP contribution in [0.5, 0.6) is 0 Å². The minimum absolute atomic E-state index is 0.0380. The molecular weight excluding hydrogens is 524 g/mol. The van der Waals surface area contributed by atoms with Crippen LogP contribution in [0.3, 0.4) is 0 Å². The van der Waals surface area contributed by atoms with Crippen molar-refractivity contribution in [2.24, 2.45) is 40.4 Å². The van der Waals surface area contributed by atoms with Crippen molar-refractivity contribution >= 4 is 17.7 Å². The van der Waals surface area contributed by atoms with Crippen LogP contribution in [0.4, 0.5) is 0 Å². The summed E-state index contributed by atoms with van der Waals surface area (Å²) < 4.78 is 11.2. The molecule has 1 aromatic rings. The first-order valence-corrected chi connectivity index (χ1v) is 16.7. The summed E-state index contributed by atoms with van der Waals surface area (Å²) in [5.74, 6) is 2.81. The van der Waals surface area contributed by atoms with Crippen molar-refractivity contribution in [1.29, 1.82) is 0 Å². The summed E-state index contributed by atoms with van der Waals surface area (Å²) in [5.41, 5.74) is 3.79. The molecule has 0 amide bonds. The number of esters is 2. The average Bonchev–Trinajstić information content (AvgIpc) is 3.32. The van der Waals surface area contributed by atoms with E-state index in [2.05, 4.69) is 26.8 Å². The van der Waals surface area contributed by atoms with E-state index in [1.54, 1.807) is 17.7 Å². The highest BCUT2D eigenvalue weighted by atomic mass is 16.5. The molecule has 3 fully saturated rings. The van der Waals surface area contributed by atoms with Crippen molar-refractivity contribution in [1.82, 2.24) is 0 Å². The first-order chi connectivity index (χ1) is 20.0. The highest BCUT2D eigenvalue weighted by Crippen LogP contribution is 2.67. The lowest BCUT2D eigenvalue weighted by atomic mass is 9.47. The second-order valence-corrected chi connectivity index (χ2v) is 14.6. The van der Waals surface area contributed by atoms with E-state index in [1.807, 2.05) is 26.0 Å². The van der Waals surface area contributed by atoms with E-state index in [9.17, 15) is 14.4 Å². The summed E-state index contributed by atoms with van der Waals surface area (Å²) in [6.07, 6.45) is 14.4. The van der Waals surface area contributed by atoms with Gasteiger partial charge in [0.25, 0.3) is 0 Å². The van der Waals surface area contributed by atoms with Crippen LogP contribution in [-0.2, 0) is 19.1 Å². The van der Waals surface area contributed by atoms with Gasteiger partial charge < -0.3 is 9.47 Å². The van der Waals surface area contributed by atoms with Gasteiger partial charge >= 0.3 is 11.9 Å². The van der Waals surface area contributed by atoms with Crippen LogP contribution in [0.1, 0.15) is 121 Å². The number of hydrogen-bond acceptors (Lipinski definition) is 5. The van der Waals surface area contributed by atoms with Gasteiger partial charge in [0.15, 0.2) is 12.4 Å². The highest BCUT2D eigenvalue weighted by Gasteiger charge is 2.59. The topological polar surface area (TPSA) is 69.7 Å². The molecule has 5 rings (SSSR count). The van der Waals surface area contributed by atoms with Crippen LogP contribution in [-0.4, -0.2) is 30.4 Å². The molecule has 5 nitrogen and oxygen atoms in total. The van der Waals surface area contributed by atoms with Crippen LogP contribution in [0.2, 0.25) is 0 Å². The Labute approximate surface area is 253 Å². The maximum Gasteiger partial charge on any atom is 0.306 e. The Hall–Kier alpha value is -2.43. The van der Waals surface area contributed by atoms with Gasteiger partial charge in [-0.1, -0.05) is 69.2 Å². The number of rotatable bonds is 10. The second-order valence-electron chi connectivity index (χ2n) is 14.6. The number of Topliss-reactive ketones (excluding diaryl/α,β-unsaturated/α-hetero) is 1. The molecule has 3 unspecified atom stereocenters. The zero-order chi connectivity index (χ0) is 30.1. The highest BCUT2D eigenvalue weighted by molar-refractivity contribution is 5.97. The Bertz CT molecular complexity index is 1180. The number of carbonyl (C=O) groups is 3. The van der Waals surface area contributed by atoms with Gasteiger partial charge in [0.1, 0.15) is 6.10 Å². The third kappa shape index (κ3) is 6.13. The SMILES string of the molecule is CCCC(=O)O[C@H]1CC[C@@]2(C)C(=CCC3C2CCC2(C)[C@@H]([C@H](C)CCC(=O)OCC(=O)c4ccc(C)cc4)CC[C@@H]32)C1. The van der Waals surface area contributed by atoms with Gasteiger partial charge in [0.2, 0.25) is 0 Å². The van der Waals surface area contributed by atoms with Gasteiger partial charge in [0, 0.05) is 24.8 Å². The first-order valence-electron chi connectivity index (χ1n) is 16.7. The molecule has 0 saturated heterocycles. The fraction of sp³-hybridized carbons (Fsp3) is 0.703. The Balaban J connectivity index is 1.15. The molecule has 8 atom stereocenters. The average molecular weight is 577 g/mol. The van der Waals surface area contributed by atoms with Crippen LogP contribution in [0, 0.1) is 47.3 Å². The second kappa shape index (κ2) is 12.7. The van der Waals surface area contributed by atoms with Gasteiger partial charge in [-0.05, 0) is 105 Å². The fourth-order valence-electron chi connectivity index (χ4n) is 9.74. The van der Waals surface area contributed by atoms with Gasteiger partial charge in [-0.25, -0.2) is 0 Å². The van der Waals surface area contributed by atoms with Gasteiger partial charge in [-0.2, -0.15) is 0 Å². The van der Waals surface area contributed by atoms with Crippen LogP contribution in [0.15, 0.2) is 35.9 Å². The number of hydrogen-bond donors (Lipinski definition) is 0. The zero-order valence-electron chi connectivity index (χ0n) is 26.6. The number of ketones is 1. The van der Waals surface area contributed by atoms with E-state index in [0.717, 1.165) is 61.8 Å². The third-order valence-corrected chi connectivity index (χ3v) is 12.1. The molecule has 0 spiro atoms. The summed E-state index contributed by atoms with van der Waals surface area (Å²) in [4.78, 5) is 37.1. The van der Waals surface area contributed by atoms with Crippen molar-refractivity contribution in [3.8, 4) is 0 Å². The van der Waals surface area contributed by atoms with E-state index in [0.29, 0.717) is 35.7 Å². The van der Waals surface area contributed by atoms with Crippen molar-refractivity contribution in [3.05, 3.63) is 47.0 Å². The molecule has 0 aliphatic heterocycles. The fourth-order valence-corrected chi connectivity index (χ4v) is 9.74. The monoisotopic (exact) mass is 576 g/mol. The lowest BCUT2D eigenvalue weighted by molar-refractivity contribution is -0.151. The van der Waals surface area contributed by atoms with E-state index < -0.39 is 0 Å². The number of allylic oxidation sites excluding steroid dienone is 1. The molecule has 0 N–H and O–H groups in total. The van der Waals surface area contributed by atoms with E-state index in [4.69, 9.17) is 9.47 Å². The molecule has 0 radical (unpaired) electrons. The summed E-state index contributed by atoms with van der Waals surface area (Å²) in [7, 11) is 0. The Morgan fingerprint density at radius 3 is 2.45 bits per heavy atom. The molecule has 4 aliphatic carbocycles. The van der Waals surface area contributed by atoms with Gasteiger partial charge in [-0.3, -0.25) is 14.4 Å². The van der Waals surface area contributed by atoms with Crippen LogP contribution < -0.4 is 0 Å². The molecule has 1 aromatic carbocycles. The number of aryl methyl sites for hydroxylation is 1. The molecular formula is C37H52O5. The molecule has 4 aliphatic rings. The maximum atomic E-state index is 12.6. The lowest BCUT2D eigenvalue weighted by Gasteiger charge is -2.58. The molecule has 3 saturated carbocycles. The normalized spacial score (nSPS) is 34.3. The molecule has 42 heavy (non-hydrogen) atoms. The number of fused-ring (bicyclic) bond motifs is 5. The summed E-state index contributed by atoms with van der Waals surface area (Å²) >= 11 is 0. The molecule has 0 bridgehead atoms. The molecule has 230 valence electrons. The standard InChI is InChI=1S/C37H52O5/c1-6-7-35(40)42-28-18-20-36(4)27(22-28)13-14-29-31-16-15-30(37(31,5)21-19-32(29)36)25(3)10-17-34(39)41-23-33(38)26-11-8-24(2)9-12-26/h8-9,11-13,25,28-32H,6-7,10,14-23H2,1-5H3/t25-,28+,29?,30-,31+,32?,36+,37?/m1/s1. The van der Waals surface area contributed by atoms with Crippen molar-refractivity contribution < 1.29 is 23.9 Å². The van der Waals surface area contributed by atoms with E-state index in [-0.39, 0.29) is 35.8 Å². The summed E-state index contributed by atoms with van der Waals surface area (Å²) in [6, 6.07) is 7.39. The predicted octanol–water partition coefficient (Wildman–Crippen LogP) is 8.43. The minimum Gasteiger partial charge on any atom is -0.462 e. The third-order valence-electron chi connectivity index (χ3n) is 12.1. The summed E-state index contributed by atoms with van der Waals surface area (Å²) in [6.45, 7) is 11.2. The Morgan fingerprint density at radius 2 is 1.71 bits per heavy atom. The number of carbonyl (C=O) groups excluding carboxylic acids is 3. The Morgan fingerprint density at radius 1 is 0.952 bits per heavy atom. The minimum atomic E-state index is -0.264. The van der Waals surface area contributed by atoms with Gasteiger partial charge in [-0.15, -0.1) is 0 Å². The number of ether oxygens (including phenoxy) is 2. The maximum absolute atomic E-state index is 12.6. The van der Waals surface area contributed by atoms with E-state index in [1.165, 1.54) is 25.7 Å². The van der Waals surface area contributed by atoms with Crippen LogP contribution in [0.25, 0.3) is 0 Å². The zero-order valence-corrected chi connectivity index (χ0v) is 26.6. The molecule has 0 aromatic heterocycles. The molecule has 5 heteroatoms. The largest absolute Gasteiger partial charge is 0.462 e. The summed E-state index contributed by atoms with van der Waals surface area (Å²) in [5, 5.41) is 0. The number of benzene rings is 1. The first kappa shape index (κ1) is 31.0. The van der Waals surface area contributed by atoms with E-state index >= 15 is 0 Å². The Kier molecular flexibility index (Phi) is 9.35. The lowest BCUT2D eigenvalue weighted by Crippen LogP contribution is -2.51. The van der Waals surface area contributed by atoms with Crippen molar-refractivity contribution in [2.45, 2.75) is 118 Å². The van der Waals surface area contributed by atoms with Gasteiger partial charge in [0.05, 0.1) is 0 Å².